The molecular formula is C21H14N2OS. The van der Waals surface area contributed by atoms with Crippen LogP contribution in [0.3, 0.4) is 0 Å². The average molecular weight is 342 g/mol. The fraction of sp³-hybridized carbons (Fsp3) is 0.0952. The Morgan fingerprint density at radius 2 is 1.92 bits per heavy atom. The maximum Gasteiger partial charge on any atom is 0.120 e. The van der Waals surface area contributed by atoms with E-state index in [1.54, 1.807) is 11.3 Å². The van der Waals surface area contributed by atoms with E-state index in [4.69, 9.17) is 0 Å². The molecule has 2 heterocycles. The van der Waals surface area contributed by atoms with Gasteiger partial charge in [0.25, 0.3) is 0 Å². The van der Waals surface area contributed by atoms with E-state index in [-0.39, 0.29) is 0 Å². The Bertz CT molecular complexity index is 1140. The van der Waals surface area contributed by atoms with Gasteiger partial charge in [-0.05, 0) is 29.5 Å². The van der Waals surface area contributed by atoms with Gasteiger partial charge in [0, 0.05) is 44.7 Å². The lowest BCUT2D eigenvalue weighted by molar-refractivity contribution is -0.107. The number of rotatable bonds is 4. The second kappa shape index (κ2) is 6.46. The number of hydrogen-bond donors (Lipinski definition) is 0. The first kappa shape index (κ1) is 15.5. The molecule has 2 aromatic heterocycles. The normalized spacial score (nSPS) is 10.8. The van der Waals surface area contributed by atoms with Crippen LogP contribution in [0.25, 0.3) is 32.0 Å². The largest absolute Gasteiger partial charge is 0.303 e. The van der Waals surface area contributed by atoms with Crippen LogP contribution in [-0.2, 0) is 11.2 Å². The molecule has 120 valence electrons. The Kier molecular flexibility index (Phi) is 4.01. The summed E-state index contributed by atoms with van der Waals surface area (Å²) in [5.74, 6) is 0. The van der Waals surface area contributed by atoms with Gasteiger partial charge in [0.05, 0.1) is 11.6 Å². The van der Waals surface area contributed by atoms with Gasteiger partial charge in [-0.15, -0.1) is 11.3 Å². The minimum atomic E-state index is 0.537. The molecule has 0 atom stereocenters. The van der Waals surface area contributed by atoms with Crippen LogP contribution in [0.2, 0.25) is 0 Å². The van der Waals surface area contributed by atoms with Crippen molar-refractivity contribution in [3.05, 3.63) is 65.3 Å². The van der Waals surface area contributed by atoms with Gasteiger partial charge < -0.3 is 4.79 Å². The van der Waals surface area contributed by atoms with Crippen LogP contribution in [0.1, 0.15) is 16.9 Å². The molecule has 0 spiro atoms. The van der Waals surface area contributed by atoms with E-state index >= 15 is 0 Å². The fourth-order valence-corrected chi connectivity index (χ4v) is 4.33. The van der Waals surface area contributed by atoms with Crippen LogP contribution in [0.5, 0.6) is 0 Å². The molecule has 0 saturated heterocycles. The summed E-state index contributed by atoms with van der Waals surface area (Å²) >= 11 is 1.71. The molecule has 4 rings (SSSR count). The van der Waals surface area contributed by atoms with E-state index in [0.29, 0.717) is 12.0 Å². The number of hydrogen-bond acceptors (Lipinski definition) is 4. The maximum absolute atomic E-state index is 10.7. The standard InChI is InChI=1S/C21H14N2OS/c22-11-14-7-8-19(18-6-2-1-5-17(14)18)20-13-23-12-15-10-16(4-3-9-24)25-21(15)20/h1-2,5-10,12-13H,3-4H2. The zero-order valence-corrected chi connectivity index (χ0v) is 14.2. The number of fused-ring (bicyclic) bond motifs is 2. The number of benzene rings is 2. The van der Waals surface area contributed by atoms with Crippen molar-refractivity contribution in [2.45, 2.75) is 12.8 Å². The highest BCUT2D eigenvalue weighted by molar-refractivity contribution is 7.19. The number of carbonyl (C=O) groups excluding carboxylic acids is 1. The zero-order chi connectivity index (χ0) is 17.2. The van der Waals surface area contributed by atoms with E-state index in [1.807, 2.05) is 48.8 Å². The number of nitriles is 1. The highest BCUT2D eigenvalue weighted by atomic mass is 32.1. The lowest BCUT2D eigenvalue weighted by Gasteiger charge is -2.09. The highest BCUT2D eigenvalue weighted by Gasteiger charge is 2.13. The number of aldehydes is 1. The molecule has 0 aliphatic carbocycles. The number of aromatic nitrogens is 1. The van der Waals surface area contributed by atoms with Crippen molar-refractivity contribution < 1.29 is 4.79 Å². The van der Waals surface area contributed by atoms with E-state index in [9.17, 15) is 10.1 Å². The molecule has 0 bridgehead atoms. The number of aryl methyl sites for hydroxylation is 1. The van der Waals surface area contributed by atoms with Crippen molar-refractivity contribution in [1.82, 2.24) is 4.98 Å². The first-order valence-electron chi connectivity index (χ1n) is 8.04. The molecule has 3 nitrogen and oxygen atoms in total. The van der Waals surface area contributed by atoms with Gasteiger partial charge in [-0.25, -0.2) is 0 Å². The van der Waals surface area contributed by atoms with Gasteiger partial charge in [0.15, 0.2) is 0 Å². The minimum Gasteiger partial charge on any atom is -0.303 e. The number of thiophene rings is 1. The number of carbonyl (C=O) groups is 1. The summed E-state index contributed by atoms with van der Waals surface area (Å²) in [7, 11) is 0. The summed E-state index contributed by atoms with van der Waals surface area (Å²) in [5, 5.41) is 12.5. The summed E-state index contributed by atoms with van der Waals surface area (Å²) in [6, 6.07) is 16.2. The third-order valence-electron chi connectivity index (χ3n) is 4.32. The van der Waals surface area contributed by atoms with Crippen LogP contribution in [0.4, 0.5) is 0 Å². The summed E-state index contributed by atoms with van der Waals surface area (Å²) in [6.45, 7) is 0. The monoisotopic (exact) mass is 342 g/mol. The molecule has 0 saturated carbocycles. The van der Waals surface area contributed by atoms with E-state index in [2.05, 4.69) is 17.1 Å². The molecule has 25 heavy (non-hydrogen) atoms. The van der Waals surface area contributed by atoms with Gasteiger partial charge in [-0.3, -0.25) is 4.98 Å². The van der Waals surface area contributed by atoms with Crippen LogP contribution < -0.4 is 0 Å². The van der Waals surface area contributed by atoms with Crippen LogP contribution in [0, 0.1) is 11.3 Å². The molecular weight excluding hydrogens is 328 g/mol. The van der Waals surface area contributed by atoms with Gasteiger partial charge in [-0.1, -0.05) is 30.3 Å². The van der Waals surface area contributed by atoms with Crippen LogP contribution in [0.15, 0.2) is 54.9 Å². The molecule has 0 amide bonds. The topological polar surface area (TPSA) is 53.8 Å². The molecule has 0 N–H and O–H groups in total. The lowest BCUT2D eigenvalue weighted by atomic mass is 9.96. The van der Waals surface area contributed by atoms with Crippen LogP contribution in [-0.4, -0.2) is 11.3 Å². The Balaban J connectivity index is 1.96. The predicted octanol–water partition coefficient (Wildman–Crippen LogP) is 5.12. The van der Waals surface area contributed by atoms with E-state index in [1.165, 1.54) is 9.58 Å². The first-order valence-corrected chi connectivity index (χ1v) is 8.85. The molecule has 0 radical (unpaired) electrons. The van der Waals surface area contributed by atoms with Crippen molar-refractivity contribution in [3.63, 3.8) is 0 Å². The summed E-state index contributed by atoms with van der Waals surface area (Å²) in [4.78, 5) is 16.2. The van der Waals surface area contributed by atoms with Crippen LogP contribution >= 0.6 is 11.3 Å². The summed E-state index contributed by atoms with van der Waals surface area (Å²) in [6.07, 6.45) is 6.01. The average Bonchev–Trinajstić information content (AvgIpc) is 3.08. The van der Waals surface area contributed by atoms with E-state index in [0.717, 1.165) is 40.0 Å². The Hall–Kier alpha value is -3.03. The van der Waals surface area contributed by atoms with Crippen molar-refractivity contribution in [3.8, 4) is 17.2 Å². The molecule has 4 aromatic rings. The zero-order valence-electron chi connectivity index (χ0n) is 13.4. The third kappa shape index (κ3) is 2.69. The van der Waals surface area contributed by atoms with Crippen molar-refractivity contribution >= 4 is 38.5 Å². The van der Waals surface area contributed by atoms with Gasteiger partial charge in [-0.2, -0.15) is 5.26 Å². The summed E-state index contributed by atoms with van der Waals surface area (Å²) < 4.78 is 1.17. The lowest BCUT2D eigenvalue weighted by Crippen LogP contribution is -1.86. The molecule has 2 aromatic carbocycles. The summed E-state index contributed by atoms with van der Waals surface area (Å²) in [5.41, 5.74) is 2.83. The molecule has 0 aliphatic heterocycles. The van der Waals surface area contributed by atoms with Gasteiger partial charge in [0.2, 0.25) is 0 Å². The van der Waals surface area contributed by atoms with Gasteiger partial charge >= 0.3 is 0 Å². The SMILES string of the molecule is N#Cc1ccc(-c2cncc3cc(CCC=O)sc23)c2ccccc12. The Morgan fingerprint density at radius 1 is 1.08 bits per heavy atom. The quantitative estimate of drug-likeness (QED) is 0.484. The minimum absolute atomic E-state index is 0.537. The Morgan fingerprint density at radius 3 is 2.72 bits per heavy atom. The van der Waals surface area contributed by atoms with E-state index < -0.39 is 0 Å². The molecule has 0 fully saturated rings. The number of pyridine rings is 1. The molecule has 4 heteroatoms. The van der Waals surface area contributed by atoms with Crippen molar-refractivity contribution in [2.24, 2.45) is 0 Å². The fourth-order valence-electron chi connectivity index (χ4n) is 3.16. The Labute approximate surface area is 149 Å². The number of nitrogens with zero attached hydrogens (tertiary/aromatic N) is 2. The maximum atomic E-state index is 10.7. The highest BCUT2D eigenvalue weighted by Crippen LogP contribution is 2.38. The van der Waals surface area contributed by atoms with Crippen molar-refractivity contribution in [1.29, 1.82) is 5.26 Å². The van der Waals surface area contributed by atoms with Gasteiger partial charge in [0.1, 0.15) is 6.29 Å². The second-order valence-corrected chi connectivity index (χ2v) is 6.98. The smallest absolute Gasteiger partial charge is 0.120 e. The molecule has 0 aliphatic rings. The second-order valence-electron chi connectivity index (χ2n) is 5.84. The predicted molar refractivity (Wildman–Crippen MR) is 102 cm³/mol. The molecule has 0 unspecified atom stereocenters. The first-order chi connectivity index (χ1) is 12.3. The van der Waals surface area contributed by atoms with Crippen molar-refractivity contribution in [2.75, 3.05) is 0 Å². The third-order valence-corrected chi connectivity index (χ3v) is 5.56.